The predicted molar refractivity (Wildman–Crippen MR) is 89.8 cm³/mol. The third-order valence-corrected chi connectivity index (χ3v) is 4.08. The summed E-state index contributed by atoms with van der Waals surface area (Å²) in [5.74, 6) is -0.147. The SMILES string of the molecule is CCOC(=O)c1sc(NN=C[C@H](C)c2ccccc2)nc1C. The minimum absolute atomic E-state index is 0.194. The van der Waals surface area contributed by atoms with E-state index in [1.165, 1.54) is 16.9 Å². The standard InChI is InChI=1S/C16H19N3O2S/c1-4-21-15(20)14-12(3)18-16(22-14)19-17-10-11(2)13-8-6-5-7-9-13/h5-11H,4H2,1-3H3,(H,18,19)/t11-/m0/s1. The zero-order valence-electron chi connectivity index (χ0n) is 12.9. The number of nitrogens with one attached hydrogen (secondary N) is 1. The van der Waals surface area contributed by atoms with Crippen LogP contribution in [0.3, 0.4) is 0 Å². The average Bonchev–Trinajstić information content (AvgIpc) is 2.89. The summed E-state index contributed by atoms with van der Waals surface area (Å²) in [5, 5.41) is 4.78. The van der Waals surface area contributed by atoms with Gasteiger partial charge in [0, 0.05) is 12.1 Å². The molecule has 1 aromatic carbocycles. The van der Waals surface area contributed by atoms with Crippen LogP contribution in [0.2, 0.25) is 0 Å². The normalized spacial score (nSPS) is 12.3. The Morgan fingerprint density at radius 2 is 2.18 bits per heavy atom. The van der Waals surface area contributed by atoms with Crippen LogP contribution < -0.4 is 5.43 Å². The van der Waals surface area contributed by atoms with Crippen LogP contribution in [0.25, 0.3) is 0 Å². The molecule has 0 amide bonds. The third kappa shape index (κ3) is 4.14. The van der Waals surface area contributed by atoms with Crippen LogP contribution in [-0.2, 0) is 4.74 Å². The topological polar surface area (TPSA) is 63.6 Å². The number of carbonyl (C=O) groups excluding carboxylic acids is 1. The van der Waals surface area contributed by atoms with Crippen molar-refractivity contribution in [2.24, 2.45) is 5.10 Å². The molecule has 1 N–H and O–H groups in total. The number of rotatable bonds is 6. The zero-order chi connectivity index (χ0) is 15.9. The Morgan fingerprint density at radius 1 is 1.45 bits per heavy atom. The predicted octanol–water partition coefficient (Wildman–Crippen LogP) is 3.83. The Hall–Kier alpha value is -2.21. The molecule has 0 spiro atoms. The molecule has 0 saturated carbocycles. The van der Waals surface area contributed by atoms with Crippen molar-refractivity contribution in [3.05, 3.63) is 46.5 Å². The first-order chi connectivity index (χ1) is 10.6. The van der Waals surface area contributed by atoms with E-state index in [4.69, 9.17) is 4.74 Å². The maximum atomic E-state index is 11.7. The maximum Gasteiger partial charge on any atom is 0.350 e. The van der Waals surface area contributed by atoms with Gasteiger partial charge in [-0.2, -0.15) is 5.10 Å². The number of hydrogen-bond donors (Lipinski definition) is 1. The van der Waals surface area contributed by atoms with Crippen LogP contribution in [0.5, 0.6) is 0 Å². The quantitative estimate of drug-likeness (QED) is 0.499. The number of nitrogens with zero attached hydrogens (tertiary/aromatic N) is 2. The summed E-state index contributed by atoms with van der Waals surface area (Å²) < 4.78 is 4.99. The number of aryl methyl sites for hydroxylation is 1. The molecule has 116 valence electrons. The second-order valence-corrected chi connectivity index (χ2v) is 5.74. The summed E-state index contributed by atoms with van der Waals surface area (Å²) in [6.07, 6.45) is 1.82. The molecule has 0 fully saturated rings. The minimum atomic E-state index is -0.341. The lowest BCUT2D eigenvalue weighted by Crippen LogP contribution is -2.03. The second kappa shape index (κ2) is 7.70. The van der Waals surface area contributed by atoms with E-state index in [-0.39, 0.29) is 11.9 Å². The van der Waals surface area contributed by atoms with Crippen LogP contribution in [-0.4, -0.2) is 23.8 Å². The Morgan fingerprint density at radius 3 is 2.86 bits per heavy atom. The first-order valence-corrected chi connectivity index (χ1v) is 7.92. The maximum absolute atomic E-state index is 11.7. The highest BCUT2D eigenvalue weighted by Crippen LogP contribution is 2.23. The van der Waals surface area contributed by atoms with Crippen molar-refractivity contribution in [3.8, 4) is 0 Å². The highest BCUT2D eigenvalue weighted by molar-refractivity contribution is 7.17. The summed E-state index contributed by atoms with van der Waals surface area (Å²) in [6, 6.07) is 10.1. The van der Waals surface area contributed by atoms with Crippen LogP contribution in [0, 0.1) is 6.92 Å². The smallest absolute Gasteiger partial charge is 0.350 e. The van der Waals surface area contributed by atoms with E-state index >= 15 is 0 Å². The number of benzene rings is 1. The molecule has 0 aliphatic carbocycles. The molecule has 22 heavy (non-hydrogen) atoms. The van der Waals surface area contributed by atoms with E-state index < -0.39 is 0 Å². The highest BCUT2D eigenvalue weighted by atomic mass is 32.1. The van der Waals surface area contributed by atoms with Gasteiger partial charge < -0.3 is 4.74 Å². The number of esters is 1. The summed E-state index contributed by atoms with van der Waals surface area (Å²) in [7, 11) is 0. The molecule has 6 heteroatoms. The summed E-state index contributed by atoms with van der Waals surface area (Å²) in [5.41, 5.74) is 4.71. The molecule has 1 heterocycles. The van der Waals surface area contributed by atoms with Gasteiger partial charge in [-0.3, -0.25) is 5.43 Å². The van der Waals surface area contributed by atoms with E-state index in [1.54, 1.807) is 13.8 Å². The number of aromatic nitrogens is 1. The lowest BCUT2D eigenvalue weighted by atomic mass is 10.0. The van der Waals surface area contributed by atoms with Gasteiger partial charge in [-0.1, -0.05) is 48.6 Å². The molecule has 0 bridgehead atoms. The lowest BCUT2D eigenvalue weighted by Gasteiger charge is -2.04. The van der Waals surface area contributed by atoms with Gasteiger partial charge in [-0.25, -0.2) is 9.78 Å². The van der Waals surface area contributed by atoms with Crippen molar-refractivity contribution in [1.29, 1.82) is 0 Å². The van der Waals surface area contributed by atoms with Crippen LogP contribution in [0.4, 0.5) is 5.13 Å². The molecule has 5 nitrogen and oxygen atoms in total. The third-order valence-electron chi connectivity index (χ3n) is 3.04. The first kappa shape index (κ1) is 16.2. The van der Waals surface area contributed by atoms with Gasteiger partial charge in [-0.05, 0) is 19.4 Å². The first-order valence-electron chi connectivity index (χ1n) is 7.10. The molecular weight excluding hydrogens is 298 g/mol. The fraction of sp³-hybridized carbons (Fsp3) is 0.312. The molecule has 0 saturated heterocycles. The number of ether oxygens (including phenoxy) is 1. The Bertz CT molecular complexity index is 653. The fourth-order valence-corrected chi connectivity index (χ4v) is 2.69. The van der Waals surface area contributed by atoms with Crippen LogP contribution >= 0.6 is 11.3 Å². The molecule has 0 aliphatic rings. The van der Waals surface area contributed by atoms with Crippen molar-refractivity contribution in [2.45, 2.75) is 26.7 Å². The van der Waals surface area contributed by atoms with Crippen molar-refractivity contribution in [1.82, 2.24) is 4.98 Å². The molecule has 0 aliphatic heterocycles. The average molecular weight is 317 g/mol. The minimum Gasteiger partial charge on any atom is -0.462 e. The largest absolute Gasteiger partial charge is 0.462 e. The Balaban J connectivity index is 1.98. The van der Waals surface area contributed by atoms with Crippen molar-refractivity contribution in [2.75, 3.05) is 12.0 Å². The number of hydrogen-bond acceptors (Lipinski definition) is 6. The molecule has 1 atom stereocenters. The molecule has 0 unspecified atom stereocenters. The number of thiazole rings is 1. The summed E-state index contributed by atoms with van der Waals surface area (Å²) in [6.45, 7) is 5.98. The number of hydrazone groups is 1. The summed E-state index contributed by atoms with van der Waals surface area (Å²) >= 11 is 1.24. The number of anilines is 1. The number of carbonyl (C=O) groups is 1. The van der Waals surface area contributed by atoms with Gasteiger partial charge in [-0.15, -0.1) is 0 Å². The van der Waals surface area contributed by atoms with Crippen molar-refractivity contribution in [3.63, 3.8) is 0 Å². The zero-order valence-corrected chi connectivity index (χ0v) is 13.7. The lowest BCUT2D eigenvalue weighted by molar-refractivity contribution is 0.0531. The van der Waals surface area contributed by atoms with E-state index in [9.17, 15) is 4.79 Å². The fourth-order valence-electron chi connectivity index (χ4n) is 1.88. The van der Waals surface area contributed by atoms with E-state index in [2.05, 4.69) is 34.6 Å². The van der Waals surface area contributed by atoms with Gasteiger partial charge in [0.05, 0.1) is 12.3 Å². The summed E-state index contributed by atoms with van der Waals surface area (Å²) in [4.78, 5) is 16.5. The highest BCUT2D eigenvalue weighted by Gasteiger charge is 2.15. The Kier molecular flexibility index (Phi) is 5.66. The monoisotopic (exact) mass is 317 g/mol. The van der Waals surface area contributed by atoms with E-state index in [1.807, 2.05) is 24.4 Å². The van der Waals surface area contributed by atoms with Gasteiger partial charge in [0.25, 0.3) is 0 Å². The van der Waals surface area contributed by atoms with E-state index in [0.29, 0.717) is 22.3 Å². The molecular formula is C16H19N3O2S. The van der Waals surface area contributed by atoms with Gasteiger partial charge in [0.2, 0.25) is 5.13 Å². The van der Waals surface area contributed by atoms with Crippen LogP contribution in [0.15, 0.2) is 35.4 Å². The Labute approximate surface area is 134 Å². The molecule has 2 rings (SSSR count). The van der Waals surface area contributed by atoms with Crippen molar-refractivity contribution >= 4 is 28.7 Å². The van der Waals surface area contributed by atoms with Crippen molar-refractivity contribution < 1.29 is 9.53 Å². The molecule has 1 aromatic heterocycles. The molecule has 2 aromatic rings. The van der Waals surface area contributed by atoms with Crippen LogP contribution in [0.1, 0.15) is 40.7 Å². The van der Waals surface area contributed by atoms with Gasteiger partial charge in [0.15, 0.2) is 0 Å². The van der Waals surface area contributed by atoms with Gasteiger partial charge in [0.1, 0.15) is 4.88 Å². The van der Waals surface area contributed by atoms with Gasteiger partial charge >= 0.3 is 5.97 Å². The second-order valence-electron chi connectivity index (χ2n) is 4.74. The molecule has 0 radical (unpaired) electrons. The van der Waals surface area contributed by atoms with E-state index in [0.717, 1.165) is 0 Å².